The van der Waals surface area contributed by atoms with Gasteiger partial charge in [-0.3, -0.25) is 0 Å². The van der Waals surface area contributed by atoms with E-state index < -0.39 is 0 Å². The zero-order valence-electron chi connectivity index (χ0n) is 12.6. The van der Waals surface area contributed by atoms with Gasteiger partial charge in [-0.1, -0.05) is 24.3 Å². The molecule has 0 unspecified atom stereocenters. The maximum absolute atomic E-state index is 11.9. The number of esters is 1. The van der Waals surface area contributed by atoms with Crippen LogP contribution in [0.3, 0.4) is 0 Å². The van der Waals surface area contributed by atoms with Crippen molar-refractivity contribution in [1.82, 2.24) is 0 Å². The predicted octanol–water partition coefficient (Wildman–Crippen LogP) is 3.19. The number of carbonyl (C=O) groups is 1. The lowest BCUT2D eigenvalue weighted by atomic mass is 10.1. The van der Waals surface area contributed by atoms with E-state index in [1.165, 1.54) is 7.11 Å². The van der Waals surface area contributed by atoms with Gasteiger partial charge in [-0.25, -0.2) is 4.79 Å². The van der Waals surface area contributed by atoms with Crippen molar-refractivity contribution in [2.45, 2.75) is 13.5 Å². The number of ether oxygens (including phenoxy) is 2. The topological polar surface area (TPSA) is 67.8 Å². The van der Waals surface area contributed by atoms with Crippen LogP contribution in [0.2, 0.25) is 0 Å². The molecule has 5 heteroatoms. The minimum absolute atomic E-state index is 0.0890. The molecule has 0 radical (unpaired) electrons. The number of anilines is 1. The van der Waals surface area contributed by atoms with Crippen LogP contribution >= 0.6 is 0 Å². The molecule has 0 amide bonds. The first-order chi connectivity index (χ1) is 10.7. The molecule has 0 heterocycles. The summed E-state index contributed by atoms with van der Waals surface area (Å²) in [6.07, 6.45) is 0. The smallest absolute Gasteiger partial charge is 0.340 e. The summed E-state index contributed by atoms with van der Waals surface area (Å²) < 4.78 is 10.1. The Labute approximate surface area is 129 Å². The molecule has 0 saturated carbocycles. The first kappa shape index (κ1) is 15.7. The van der Waals surface area contributed by atoms with Gasteiger partial charge in [0, 0.05) is 17.8 Å². The molecule has 2 N–H and O–H groups in total. The average molecular weight is 301 g/mol. The summed E-state index contributed by atoms with van der Waals surface area (Å²) in [7, 11) is 1.50. The van der Waals surface area contributed by atoms with E-state index >= 15 is 0 Å². The molecule has 2 rings (SSSR count). The normalized spacial score (nSPS) is 10.1. The molecular formula is C17H19NO4. The van der Waals surface area contributed by atoms with Crippen LogP contribution in [0.25, 0.3) is 0 Å². The summed E-state index contributed by atoms with van der Waals surface area (Å²) in [6, 6.07) is 12.4. The molecule has 2 aromatic rings. The Morgan fingerprint density at radius 1 is 1.18 bits per heavy atom. The second kappa shape index (κ2) is 7.36. The number of rotatable bonds is 6. The molecule has 0 atom stereocenters. The Morgan fingerprint density at radius 3 is 2.68 bits per heavy atom. The van der Waals surface area contributed by atoms with E-state index in [4.69, 9.17) is 9.47 Å². The van der Waals surface area contributed by atoms with Gasteiger partial charge in [-0.2, -0.15) is 0 Å². The lowest BCUT2D eigenvalue weighted by molar-refractivity contribution is 0.0527. The molecular weight excluding hydrogens is 282 g/mol. The number of hydrogen-bond acceptors (Lipinski definition) is 5. The summed E-state index contributed by atoms with van der Waals surface area (Å²) >= 11 is 0. The van der Waals surface area contributed by atoms with E-state index in [-0.39, 0.29) is 11.7 Å². The molecule has 0 fully saturated rings. The van der Waals surface area contributed by atoms with Crippen LogP contribution < -0.4 is 10.1 Å². The SMILES string of the molecule is CCOC(=O)c1ccccc1NCc1cccc(OC)c1O. The van der Waals surface area contributed by atoms with Crippen molar-refractivity contribution in [3.05, 3.63) is 53.6 Å². The summed E-state index contributed by atoms with van der Waals surface area (Å²) in [6.45, 7) is 2.45. The highest BCUT2D eigenvalue weighted by Gasteiger charge is 2.12. The quantitative estimate of drug-likeness (QED) is 0.802. The maximum atomic E-state index is 11.9. The summed E-state index contributed by atoms with van der Waals surface area (Å²) in [5.74, 6) is 0.129. The number of benzene rings is 2. The molecule has 0 saturated heterocycles. The highest BCUT2D eigenvalue weighted by molar-refractivity contribution is 5.95. The third-order valence-electron chi connectivity index (χ3n) is 3.19. The van der Waals surface area contributed by atoms with Gasteiger partial charge in [0.15, 0.2) is 11.5 Å². The van der Waals surface area contributed by atoms with E-state index in [2.05, 4.69) is 5.32 Å². The third kappa shape index (κ3) is 3.49. The van der Waals surface area contributed by atoms with Crippen LogP contribution in [0.5, 0.6) is 11.5 Å². The molecule has 0 aliphatic carbocycles. The van der Waals surface area contributed by atoms with Crippen LogP contribution in [0.1, 0.15) is 22.8 Å². The van der Waals surface area contributed by atoms with Crippen LogP contribution in [-0.4, -0.2) is 24.8 Å². The van der Waals surface area contributed by atoms with E-state index in [1.54, 1.807) is 43.3 Å². The minimum Gasteiger partial charge on any atom is -0.504 e. The van der Waals surface area contributed by atoms with Gasteiger partial charge in [0.25, 0.3) is 0 Å². The van der Waals surface area contributed by atoms with E-state index in [9.17, 15) is 9.90 Å². The third-order valence-corrected chi connectivity index (χ3v) is 3.19. The molecule has 116 valence electrons. The van der Waals surface area contributed by atoms with Crippen LogP contribution in [0.15, 0.2) is 42.5 Å². The number of para-hydroxylation sites is 2. The molecule has 0 aliphatic rings. The average Bonchev–Trinajstić information content (AvgIpc) is 2.54. The van der Waals surface area contributed by atoms with Gasteiger partial charge in [-0.15, -0.1) is 0 Å². The molecule has 0 spiro atoms. The van der Waals surface area contributed by atoms with Gasteiger partial charge in [-0.05, 0) is 25.1 Å². The Bertz CT molecular complexity index is 655. The van der Waals surface area contributed by atoms with E-state index in [0.717, 1.165) is 0 Å². The minimum atomic E-state index is -0.375. The number of nitrogens with one attached hydrogen (secondary N) is 1. The predicted molar refractivity (Wildman–Crippen MR) is 84.4 cm³/mol. The second-order valence-electron chi connectivity index (χ2n) is 4.59. The van der Waals surface area contributed by atoms with E-state index in [1.807, 2.05) is 6.07 Å². The van der Waals surface area contributed by atoms with Crippen molar-refractivity contribution < 1.29 is 19.4 Å². The Hall–Kier alpha value is -2.69. The molecule has 0 aromatic heterocycles. The zero-order valence-corrected chi connectivity index (χ0v) is 12.6. The maximum Gasteiger partial charge on any atom is 0.340 e. The Kier molecular flexibility index (Phi) is 5.25. The second-order valence-corrected chi connectivity index (χ2v) is 4.59. The van der Waals surface area contributed by atoms with E-state index in [0.29, 0.717) is 35.7 Å². The van der Waals surface area contributed by atoms with Gasteiger partial charge < -0.3 is 19.9 Å². The largest absolute Gasteiger partial charge is 0.504 e. The summed E-state index contributed by atoms with van der Waals surface area (Å²) in [5.41, 5.74) is 1.80. The molecule has 22 heavy (non-hydrogen) atoms. The summed E-state index contributed by atoms with van der Waals surface area (Å²) in [4.78, 5) is 11.9. The fraction of sp³-hybridized carbons (Fsp3) is 0.235. The van der Waals surface area contributed by atoms with Crippen molar-refractivity contribution in [3.63, 3.8) is 0 Å². The van der Waals surface area contributed by atoms with Crippen molar-refractivity contribution >= 4 is 11.7 Å². The lowest BCUT2D eigenvalue weighted by Gasteiger charge is -2.13. The number of phenolic OH excluding ortho intramolecular Hbond substituents is 1. The zero-order chi connectivity index (χ0) is 15.9. The number of aromatic hydroxyl groups is 1. The molecule has 5 nitrogen and oxygen atoms in total. The van der Waals surface area contributed by atoms with Crippen molar-refractivity contribution in [1.29, 1.82) is 0 Å². The molecule has 0 bridgehead atoms. The van der Waals surface area contributed by atoms with Crippen molar-refractivity contribution in [2.24, 2.45) is 0 Å². The van der Waals surface area contributed by atoms with Gasteiger partial charge in [0.2, 0.25) is 0 Å². The standard InChI is InChI=1S/C17H19NO4/c1-3-22-17(20)13-8-4-5-9-14(13)18-11-12-7-6-10-15(21-2)16(12)19/h4-10,18-19H,3,11H2,1-2H3. The lowest BCUT2D eigenvalue weighted by Crippen LogP contribution is -2.09. The fourth-order valence-electron chi connectivity index (χ4n) is 2.09. The first-order valence-corrected chi connectivity index (χ1v) is 7.02. The first-order valence-electron chi connectivity index (χ1n) is 7.02. The van der Waals surface area contributed by atoms with Crippen LogP contribution in [-0.2, 0) is 11.3 Å². The van der Waals surface area contributed by atoms with Gasteiger partial charge in [0.1, 0.15) is 0 Å². The van der Waals surface area contributed by atoms with Crippen molar-refractivity contribution in [3.8, 4) is 11.5 Å². The van der Waals surface area contributed by atoms with Crippen molar-refractivity contribution in [2.75, 3.05) is 19.0 Å². The molecule has 0 aliphatic heterocycles. The van der Waals surface area contributed by atoms with Gasteiger partial charge in [0.05, 0.1) is 19.3 Å². The molecule has 2 aromatic carbocycles. The number of phenols is 1. The highest BCUT2D eigenvalue weighted by Crippen LogP contribution is 2.30. The highest BCUT2D eigenvalue weighted by atomic mass is 16.5. The summed E-state index contributed by atoms with van der Waals surface area (Å²) in [5, 5.41) is 13.2. The van der Waals surface area contributed by atoms with Crippen LogP contribution in [0, 0.1) is 0 Å². The number of methoxy groups -OCH3 is 1. The van der Waals surface area contributed by atoms with Crippen LogP contribution in [0.4, 0.5) is 5.69 Å². The number of carbonyl (C=O) groups excluding carboxylic acids is 1. The van der Waals surface area contributed by atoms with Gasteiger partial charge >= 0.3 is 5.97 Å². The monoisotopic (exact) mass is 301 g/mol. The fourth-order valence-corrected chi connectivity index (χ4v) is 2.09. The number of hydrogen-bond donors (Lipinski definition) is 2. The Balaban J connectivity index is 2.17. The Morgan fingerprint density at radius 2 is 1.95 bits per heavy atom.